The highest BCUT2D eigenvalue weighted by Crippen LogP contribution is 2.49. The molecule has 1 heterocycles. The lowest BCUT2D eigenvalue weighted by Crippen LogP contribution is -2.14. The van der Waals surface area contributed by atoms with Gasteiger partial charge in [0, 0.05) is 33.2 Å². The summed E-state index contributed by atoms with van der Waals surface area (Å²) in [5.41, 5.74) is 17.7. The molecule has 0 saturated carbocycles. The first-order chi connectivity index (χ1) is 26.0. The molecule has 2 heteroatoms. The molecule has 0 fully saturated rings. The zero-order valence-electron chi connectivity index (χ0n) is 29.8. The maximum Gasteiger partial charge on any atom is 0.135 e. The number of fused-ring (bicyclic) bond motifs is 6. The minimum absolute atomic E-state index is 0.000961. The third kappa shape index (κ3) is 5.26. The van der Waals surface area contributed by atoms with E-state index in [1.54, 1.807) is 0 Å². The molecule has 0 radical (unpaired) electrons. The van der Waals surface area contributed by atoms with Gasteiger partial charge in [0.1, 0.15) is 11.2 Å². The topological polar surface area (TPSA) is 16.4 Å². The Kier molecular flexibility index (Phi) is 7.19. The summed E-state index contributed by atoms with van der Waals surface area (Å²) in [7, 11) is 0. The number of nitrogens with zero attached hydrogens (tertiary/aromatic N) is 1. The van der Waals surface area contributed by atoms with Gasteiger partial charge in [0.25, 0.3) is 0 Å². The Morgan fingerprint density at radius 2 is 0.906 bits per heavy atom. The van der Waals surface area contributed by atoms with E-state index in [4.69, 9.17) is 4.42 Å². The molecule has 8 aromatic carbocycles. The quantitative estimate of drug-likeness (QED) is 0.174. The normalized spacial score (nSPS) is 12.9. The fraction of sp³-hybridized carbons (Fsp3) is 0.0588. The first-order valence-corrected chi connectivity index (χ1v) is 18.3. The first-order valence-electron chi connectivity index (χ1n) is 18.3. The Bertz CT molecular complexity index is 2790. The first kappa shape index (κ1) is 31.1. The summed E-state index contributed by atoms with van der Waals surface area (Å²) in [6.07, 6.45) is 0. The molecule has 53 heavy (non-hydrogen) atoms. The summed E-state index contributed by atoms with van der Waals surface area (Å²) in [5, 5.41) is 2.28. The van der Waals surface area contributed by atoms with Gasteiger partial charge in [-0.25, -0.2) is 0 Å². The average Bonchev–Trinajstić information content (AvgIpc) is 3.70. The molecule has 0 atom stereocenters. The second-order valence-corrected chi connectivity index (χ2v) is 14.6. The zero-order valence-corrected chi connectivity index (χ0v) is 29.8. The molecular weight excluding hydrogens is 643 g/mol. The lowest BCUT2D eigenvalue weighted by Gasteiger charge is -2.26. The minimum Gasteiger partial charge on any atom is -0.456 e. The number of benzene rings is 8. The molecule has 0 aliphatic heterocycles. The molecule has 10 rings (SSSR count). The summed E-state index contributed by atoms with van der Waals surface area (Å²) >= 11 is 0. The highest BCUT2D eigenvalue weighted by atomic mass is 16.3. The molecule has 252 valence electrons. The summed E-state index contributed by atoms with van der Waals surface area (Å²) in [5.74, 6) is 0. The molecule has 9 aromatic rings. The van der Waals surface area contributed by atoms with E-state index in [9.17, 15) is 0 Å². The Labute approximate surface area is 310 Å². The van der Waals surface area contributed by atoms with E-state index in [0.717, 1.165) is 50.1 Å². The molecule has 0 bridgehead atoms. The van der Waals surface area contributed by atoms with Crippen LogP contribution in [0.25, 0.3) is 66.4 Å². The van der Waals surface area contributed by atoms with Crippen molar-refractivity contribution in [3.63, 3.8) is 0 Å². The average molecular weight is 680 g/mol. The van der Waals surface area contributed by atoms with Gasteiger partial charge >= 0.3 is 0 Å². The minimum atomic E-state index is -0.000961. The van der Waals surface area contributed by atoms with E-state index in [2.05, 4.69) is 195 Å². The van der Waals surface area contributed by atoms with E-state index in [1.165, 1.54) is 44.5 Å². The second kappa shape index (κ2) is 12.3. The summed E-state index contributed by atoms with van der Waals surface area (Å²) in [6.45, 7) is 4.67. The van der Waals surface area contributed by atoms with Crippen LogP contribution >= 0.6 is 0 Å². The largest absolute Gasteiger partial charge is 0.456 e. The van der Waals surface area contributed by atoms with Crippen LogP contribution in [0.3, 0.4) is 0 Å². The van der Waals surface area contributed by atoms with Gasteiger partial charge in [-0.1, -0.05) is 141 Å². The SMILES string of the molecule is CC1(C)c2ccccc2-c2cc(-c3ccc(N(c4ccc(-c5ccc6oc7ccccc7c6c5)cc4)c4cccc(-c5ccccc5)c4)cc3)ccc21. The van der Waals surface area contributed by atoms with Crippen molar-refractivity contribution in [2.24, 2.45) is 0 Å². The predicted octanol–water partition coefficient (Wildman–Crippen LogP) is 14.4. The number of rotatable bonds is 6. The van der Waals surface area contributed by atoms with Crippen molar-refractivity contribution in [3.05, 3.63) is 199 Å². The molecular formula is C51H37NO. The van der Waals surface area contributed by atoms with Gasteiger partial charge < -0.3 is 9.32 Å². The fourth-order valence-corrected chi connectivity index (χ4v) is 8.31. The molecule has 0 spiro atoms. The van der Waals surface area contributed by atoms with Crippen LogP contribution < -0.4 is 4.90 Å². The van der Waals surface area contributed by atoms with E-state index in [-0.39, 0.29) is 5.41 Å². The third-order valence-electron chi connectivity index (χ3n) is 11.1. The highest BCUT2D eigenvalue weighted by molar-refractivity contribution is 6.06. The summed E-state index contributed by atoms with van der Waals surface area (Å²) in [6, 6.07) is 67.9. The van der Waals surface area contributed by atoms with Crippen LogP contribution in [0, 0.1) is 0 Å². The van der Waals surface area contributed by atoms with Gasteiger partial charge in [-0.3, -0.25) is 0 Å². The van der Waals surface area contributed by atoms with Gasteiger partial charge in [0.05, 0.1) is 0 Å². The number of anilines is 3. The Morgan fingerprint density at radius 3 is 1.68 bits per heavy atom. The second-order valence-electron chi connectivity index (χ2n) is 14.6. The molecule has 0 N–H and O–H groups in total. The van der Waals surface area contributed by atoms with Crippen molar-refractivity contribution in [3.8, 4) is 44.5 Å². The smallest absolute Gasteiger partial charge is 0.135 e. The van der Waals surface area contributed by atoms with Gasteiger partial charge in [0.15, 0.2) is 0 Å². The Hall–Kier alpha value is -6.64. The maximum absolute atomic E-state index is 6.11. The van der Waals surface area contributed by atoms with Crippen LogP contribution in [0.15, 0.2) is 192 Å². The van der Waals surface area contributed by atoms with Crippen molar-refractivity contribution in [1.29, 1.82) is 0 Å². The van der Waals surface area contributed by atoms with Crippen LogP contribution in [0.1, 0.15) is 25.0 Å². The van der Waals surface area contributed by atoms with Crippen molar-refractivity contribution >= 4 is 39.0 Å². The van der Waals surface area contributed by atoms with Gasteiger partial charge in [-0.15, -0.1) is 0 Å². The van der Waals surface area contributed by atoms with Crippen molar-refractivity contribution in [1.82, 2.24) is 0 Å². The van der Waals surface area contributed by atoms with Crippen molar-refractivity contribution in [2.45, 2.75) is 19.3 Å². The van der Waals surface area contributed by atoms with Gasteiger partial charge in [-0.05, 0) is 116 Å². The molecule has 2 nitrogen and oxygen atoms in total. The standard InChI is InChI=1S/C51H37NO/c1-51(2)47-17-8-6-15-43(47)45-32-38(23-29-48(45)51)35-19-25-40(26-20-35)52(42-14-10-13-37(31-42)34-11-4-3-5-12-34)41-27-21-36(22-28-41)39-24-30-50-46(33-39)44-16-7-9-18-49(44)53-50/h3-33H,1-2H3. The van der Waals surface area contributed by atoms with Crippen LogP contribution in [0.2, 0.25) is 0 Å². The molecule has 1 aliphatic carbocycles. The van der Waals surface area contributed by atoms with E-state index in [1.807, 2.05) is 12.1 Å². The van der Waals surface area contributed by atoms with Crippen LogP contribution in [-0.4, -0.2) is 0 Å². The molecule has 0 amide bonds. The predicted molar refractivity (Wildman–Crippen MR) is 222 cm³/mol. The van der Waals surface area contributed by atoms with Gasteiger partial charge in [-0.2, -0.15) is 0 Å². The highest BCUT2D eigenvalue weighted by Gasteiger charge is 2.35. The van der Waals surface area contributed by atoms with Crippen molar-refractivity contribution in [2.75, 3.05) is 4.90 Å². The van der Waals surface area contributed by atoms with Crippen molar-refractivity contribution < 1.29 is 4.42 Å². The summed E-state index contributed by atoms with van der Waals surface area (Å²) < 4.78 is 6.11. The van der Waals surface area contributed by atoms with Crippen LogP contribution in [0.4, 0.5) is 17.1 Å². The fourth-order valence-electron chi connectivity index (χ4n) is 8.31. The maximum atomic E-state index is 6.11. The number of furan rings is 1. The van der Waals surface area contributed by atoms with E-state index in [0.29, 0.717) is 0 Å². The molecule has 0 saturated heterocycles. The van der Waals surface area contributed by atoms with Crippen LogP contribution in [-0.2, 0) is 5.41 Å². The van der Waals surface area contributed by atoms with Gasteiger partial charge in [0.2, 0.25) is 0 Å². The summed E-state index contributed by atoms with van der Waals surface area (Å²) in [4.78, 5) is 2.36. The number of hydrogen-bond donors (Lipinski definition) is 0. The molecule has 1 aliphatic rings. The zero-order chi connectivity index (χ0) is 35.5. The molecule has 0 unspecified atom stereocenters. The van der Waals surface area contributed by atoms with E-state index < -0.39 is 0 Å². The molecule has 1 aromatic heterocycles. The Morgan fingerprint density at radius 1 is 0.358 bits per heavy atom. The van der Waals surface area contributed by atoms with E-state index >= 15 is 0 Å². The van der Waals surface area contributed by atoms with Crippen LogP contribution in [0.5, 0.6) is 0 Å². The number of para-hydroxylation sites is 1. The number of hydrogen-bond acceptors (Lipinski definition) is 2. The lowest BCUT2D eigenvalue weighted by molar-refractivity contribution is 0.660. The Balaban J connectivity index is 1.03. The third-order valence-corrected chi connectivity index (χ3v) is 11.1. The lowest BCUT2D eigenvalue weighted by atomic mass is 9.82. The monoisotopic (exact) mass is 679 g/mol.